The van der Waals surface area contributed by atoms with Gasteiger partial charge in [-0.3, -0.25) is 24.2 Å². The monoisotopic (exact) mass is 567 g/mol. The van der Waals surface area contributed by atoms with Gasteiger partial charge in [0.1, 0.15) is 29.8 Å². The number of hydrogen-bond donors (Lipinski definition) is 4. The van der Waals surface area contributed by atoms with Gasteiger partial charge in [0.25, 0.3) is 11.8 Å². The smallest absolute Gasteiger partial charge is 0.404 e. The number of benzene rings is 2. The number of urea groups is 1. The van der Waals surface area contributed by atoms with Crippen LogP contribution in [0, 0.1) is 0 Å². The third kappa shape index (κ3) is 5.91. The zero-order valence-electron chi connectivity index (χ0n) is 21.1. The van der Waals surface area contributed by atoms with Gasteiger partial charge in [-0.2, -0.15) is 0 Å². The molecule has 4 rings (SSSR count). The molecular formula is C26H25N5O8S. The minimum Gasteiger partial charge on any atom is -0.477 e. The van der Waals surface area contributed by atoms with E-state index < -0.39 is 58.5 Å². The van der Waals surface area contributed by atoms with E-state index in [1.165, 1.54) is 13.1 Å². The molecule has 1 saturated heterocycles. The van der Waals surface area contributed by atoms with E-state index in [-0.39, 0.29) is 17.9 Å². The van der Waals surface area contributed by atoms with Gasteiger partial charge >= 0.3 is 18.1 Å². The topological polar surface area (TPSA) is 188 Å². The van der Waals surface area contributed by atoms with E-state index in [0.29, 0.717) is 5.56 Å². The summed E-state index contributed by atoms with van der Waals surface area (Å²) in [5.41, 5.74) is 5.35. The van der Waals surface area contributed by atoms with Crippen molar-refractivity contribution in [2.45, 2.75) is 22.7 Å². The lowest BCUT2D eigenvalue weighted by Crippen LogP contribution is -2.71. The van der Waals surface area contributed by atoms with E-state index >= 15 is 0 Å². The molecule has 2 aromatic carbocycles. The van der Waals surface area contributed by atoms with Crippen LogP contribution in [-0.2, 0) is 19.1 Å². The van der Waals surface area contributed by atoms with E-state index in [9.17, 15) is 33.9 Å². The normalized spacial score (nSPS) is 20.1. The van der Waals surface area contributed by atoms with Gasteiger partial charge in [-0.05, 0) is 23.8 Å². The first-order valence-corrected chi connectivity index (χ1v) is 12.9. The fourth-order valence-electron chi connectivity index (χ4n) is 4.16. The number of fused-ring (bicyclic) bond motifs is 1. The number of aliphatic carboxylic acids is 1. The number of rotatable bonds is 8. The Morgan fingerprint density at radius 2 is 1.70 bits per heavy atom. The number of ether oxygens (including phenoxy) is 1. The second-order valence-corrected chi connectivity index (χ2v) is 10.1. The number of imide groups is 1. The highest BCUT2D eigenvalue weighted by molar-refractivity contribution is 8.00. The number of nitrogens with one attached hydrogen (secondary N) is 2. The Hall–Kier alpha value is -4.85. The summed E-state index contributed by atoms with van der Waals surface area (Å²) in [7, 11) is 1.27. The van der Waals surface area contributed by atoms with Crippen LogP contribution in [0.3, 0.4) is 0 Å². The van der Waals surface area contributed by atoms with Crippen molar-refractivity contribution < 1.29 is 38.6 Å². The number of thioether (sulfide) groups is 1. The lowest BCUT2D eigenvalue weighted by atomic mass is 10.0. The van der Waals surface area contributed by atoms with Crippen molar-refractivity contribution in [3.05, 3.63) is 83.6 Å². The zero-order chi connectivity index (χ0) is 29.0. The summed E-state index contributed by atoms with van der Waals surface area (Å²) >= 11 is 1.10. The number of carboxylic acid groups (broad SMARTS) is 1. The first-order valence-electron chi connectivity index (χ1n) is 11.9. The Kier molecular flexibility index (Phi) is 8.38. The van der Waals surface area contributed by atoms with Crippen molar-refractivity contribution in [1.82, 2.24) is 20.4 Å². The van der Waals surface area contributed by atoms with Gasteiger partial charge < -0.3 is 26.2 Å². The van der Waals surface area contributed by atoms with Crippen LogP contribution in [0.25, 0.3) is 0 Å². The van der Waals surface area contributed by atoms with Crippen LogP contribution in [-0.4, -0.2) is 81.0 Å². The maximum Gasteiger partial charge on any atom is 0.404 e. The van der Waals surface area contributed by atoms with Crippen molar-refractivity contribution in [3.8, 4) is 0 Å². The number of amides is 6. The maximum atomic E-state index is 13.5. The van der Waals surface area contributed by atoms with Gasteiger partial charge in [0.05, 0.1) is 5.25 Å². The van der Waals surface area contributed by atoms with Crippen molar-refractivity contribution in [2.75, 3.05) is 13.7 Å². The number of carboxylic acids is 1. The highest BCUT2D eigenvalue weighted by Crippen LogP contribution is 2.41. The van der Waals surface area contributed by atoms with Crippen LogP contribution in [0.2, 0.25) is 0 Å². The highest BCUT2D eigenvalue weighted by Gasteiger charge is 2.54. The van der Waals surface area contributed by atoms with Crippen molar-refractivity contribution in [1.29, 1.82) is 0 Å². The number of nitrogens with zero attached hydrogens (tertiary/aromatic N) is 2. The van der Waals surface area contributed by atoms with Crippen LogP contribution in [0.4, 0.5) is 9.59 Å². The minimum atomic E-state index is -1.37. The second-order valence-electron chi connectivity index (χ2n) is 8.77. The predicted octanol–water partition coefficient (Wildman–Crippen LogP) is 1.04. The molecule has 2 aliphatic rings. The zero-order valence-corrected chi connectivity index (χ0v) is 21.9. The van der Waals surface area contributed by atoms with Crippen molar-refractivity contribution in [3.63, 3.8) is 0 Å². The molecule has 0 aromatic heterocycles. The number of carbonyl (C=O) groups excluding carboxylic acids is 5. The standard InChI is InChI=1S/C26H25N5O8S/c1-30(21(33)15-10-6-3-7-11-15)26(38)29-18(14-8-4-2-5-9-14)20(32)28-19-22(34)31-17(24(35)36)12-16(40-23(19)31)13-39-25(27)37/h2-12,16,18-19,23H,13H2,1H3,(H2,27,37)(H,28,32)(H,29,38)(H,35,36)/t16?,18?,19?,23-/m0/s1. The highest BCUT2D eigenvalue weighted by atomic mass is 32.2. The molecule has 4 atom stereocenters. The van der Waals surface area contributed by atoms with Gasteiger partial charge in [0, 0.05) is 12.6 Å². The van der Waals surface area contributed by atoms with Crippen LogP contribution in [0.15, 0.2) is 72.4 Å². The van der Waals surface area contributed by atoms with Crippen LogP contribution in [0.5, 0.6) is 0 Å². The lowest BCUT2D eigenvalue weighted by Gasteiger charge is -2.49. The van der Waals surface area contributed by atoms with E-state index in [0.717, 1.165) is 21.6 Å². The fourth-order valence-corrected chi connectivity index (χ4v) is 5.56. The molecule has 2 aliphatic heterocycles. The first kappa shape index (κ1) is 28.2. The number of β-lactam (4-membered cyclic amide) rings is 1. The molecule has 5 N–H and O–H groups in total. The molecule has 1 fully saturated rings. The molecule has 2 heterocycles. The van der Waals surface area contributed by atoms with Gasteiger partial charge in [-0.25, -0.2) is 14.4 Å². The molecule has 0 aliphatic carbocycles. The minimum absolute atomic E-state index is 0.236. The molecule has 13 nitrogen and oxygen atoms in total. The Balaban J connectivity index is 1.51. The molecule has 0 radical (unpaired) electrons. The van der Waals surface area contributed by atoms with Crippen LogP contribution >= 0.6 is 11.8 Å². The van der Waals surface area contributed by atoms with E-state index in [4.69, 9.17) is 10.5 Å². The quantitative estimate of drug-likeness (QED) is 0.338. The van der Waals surface area contributed by atoms with E-state index in [1.54, 1.807) is 60.7 Å². The largest absolute Gasteiger partial charge is 0.477 e. The molecule has 2 aromatic rings. The third-order valence-corrected chi connectivity index (χ3v) is 7.54. The number of nitrogens with two attached hydrogens (primary N) is 1. The summed E-state index contributed by atoms with van der Waals surface area (Å²) in [5.74, 6) is -3.38. The number of carbonyl (C=O) groups is 6. The summed E-state index contributed by atoms with van der Waals surface area (Å²) in [6, 6.07) is 13.0. The van der Waals surface area contributed by atoms with Gasteiger partial charge in [-0.1, -0.05) is 48.5 Å². The van der Waals surface area contributed by atoms with Gasteiger partial charge in [-0.15, -0.1) is 11.8 Å². The fraction of sp³-hybridized carbons (Fsp3) is 0.231. The third-order valence-electron chi connectivity index (χ3n) is 6.16. The summed E-state index contributed by atoms with van der Waals surface area (Å²) in [6.07, 6.45) is 0.231. The Labute approximate surface area is 232 Å². The average Bonchev–Trinajstić information content (AvgIpc) is 2.96. The average molecular weight is 568 g/mol. The number of primary amides is 1. The van der Waals surface area contributed by atoms with Crippen molar-refractivity contribution >= 4 is 47.6 Å². The number of hydrogen-bond acceptors (Lipinski definition) is 8. The molecule has 0 saturated carbocycles. The van der Waals surface area contributed by atoms with Crippen LogP contribution < -0.4 is 16.4 Å². The maximum absolute atomic E-state index is 13.5. The van der Waals surface area contributed by atoms with Crippen LogP contribution in [0.1, 0.15) is 22.0 Å². The summed E-state index contributed by atoms with van der Waals surface area (Å²) in [5, 5.41) is 13.3. The molecule has 14 heteroatoms. The second kappa shape index (κ2) is 11.9. The van der Waals surface area contributed by atoms with E-state index in [1.807, 2.05) is 0 Å². The molecule has 3 unspecified atom stereocenters. The summed E-state index contributed by atoms with van der Waals surface area (Å²) in [6.45, 7) is -0.236. The summed E-state index contributed by atoms with van der Waals surface area (Å²) < 4.78 is 4.78. The molecule has 0 spiro atoms. The molecule has 6 amide bonds. The lowest BCUT2D eigenvalue weighted by molar-refractivity contribution is -0.150. The molecule has 0 bridgehead atoms. The van der Waals surface area contributed by atoms with Gasteiger partial charge in [0.15, 0.2) is 0 Å². The predicted molar refractivity (Wildman–Crippen MR) is 141 cm³/mol. The summed E-state index contributed by atoms with van der Waals surface area (Å²) in [4.78, 5) is 76.7. The van der Waals surface area contributed by atoms with Gasteiger partial charge in [0.2, 0.25) is 5.91 Å². The molecule has 208 valence electrons. The SMILES string of the molecule is CN(C(=O)NC(C(=O)NC1C(=O)N2C(C(=O)O)=CC(COC(N)=O)S[C@@H]12)c1ccccc1)C(=O)c1ccccc1. The molecular weight excluding hydrogens is 542 g/mol. The molecule has 40 heavy (non-hydrogen) atoms. The van der Waals surface area contributed by atoms with Crippen molar-refractivity contribution in [2.24, 2.45) is 5.73 Å². The van der Waals surface area contributed by atoms with E-state index in [2.05, 4.69) is 10.6 Å². The Morgan fingerprint density at radius 1 is 1.07 bits per heavy atom. The Morgan fingerprint density at radius 3 is 2.30 bits per heavy atom. The Bertz CT molecular complexity index is 1370. The first-order chi connectivity index (χ1) is 19.1.